The lowest BCUT2D eigenvalue weighted by Crippen LogP contribution is -2.23. The lowest BCUT2D eigenvalue weighted by molar-refractivity contribution is -0.147. The summed E-state index contributed by atoms with van der Waals surface area (Å²) in [6.45, 7) is 1.56. The SMILES string of the molecule is Cc1csc(=O)n1CCC(=O)OCC(=O)Nc1sc2c(c1C(=O)c1ccccc1)CCCC2. The first-order chi connectivity index (χ1) is 15.9. The second-order valence-electron chi connectivity index (χ2n) is 7.86. The molecule has 3 aromatic rings. The average Bonchev–Trinajstić information content (AvgIpc) is 3.35. The van der Waals surface area contributed by atoms with Crippen LogP contribution in [0.5, 0.6) is 0 Å². The van der Waals surface area contributed by atoms with Gasteiger partial charge < -0.3 is 14.6 Å². The number of amides is 1. The van der Waals surface area contributed by atoms with Crippen LogP contribution in [0.25, 0.3) is 0 Å². The van der Waals surface area contributed by atoms with Gasteiger partial charge in [0.15, 0.2) is 12.4 Å². The topological polar surface area (TPSA) is 94.5 Å². The van der Waals surface area contributed by atoms with Crippen molar-refractivity contribution in [2.45, 2.75) is 45.6 Å². The van der Waals surface area contributed by atoms with E-state index in [9.17, 15) is 19.2 Å². The van der Waals surface area contributed by atoms with Crippen molar-refractivity contribution in [3.63, 3.8) is 0 Å². The smallest absolute Gasteiger partial charge is 0.308 e. The Hall–Kier alpha value is -3.04. The van der Waals surface area contributed by atoms with Crippen molar-refractivity contribution in [1.82, 2.24) is 4.57 Å². The van der Waals surface area contributed by atoms with Gasteiger partial charge >= 0.3 is 10.8 Å². The van der Waals surface area contributed by atoms with Crippen LogP contribution in [0, 0.1) is 6.92 Å². The van der Waals surface area contributed by atoms with Crippen molar-refractivity contribution in [2.75, 3.05) is 11.9 Å². The van der Waals surface area contributed by atoms with Crippen LogP contribution in [-0.2, 0) is 33.7 Å². The summed E-state index contributed by atoms with van der Waals surface area (Å²) >= 11 is 2.51. The van der Waals surface area contributed by atoms with Gasteiger partial charge in [-0.3, -0.25) is 19.2 Å². The summed E-state index contributed by atoms with van der Waals surface area (Å²) in [7, 11) is 0. The molecule has 1 aliphatic rings. The number of nitrogens with zero attached hydrogens (tertiary/aromatic N) is 1. The molecule has 0 spiro atoms. The van der Waals surface area contributed by atoms with E-state index in [0.717, 1.165) is 53.2 Å². The van der Waals surface area contributed by atoms with E-state index < -0.39 is 18.5 Å². The summed E-state index contributed by atoms with van der Waals surface area (Å²) < 4.78 is 6.60. The fraction of sp³-hybridized carbons (Fsp3) is 0.333. The molecule has 0 radical (unpaired) electrons. The van der Waals surface area contributed by atoms with E-state index in [-0.39, 0.29) is 23.6 Å². The number of hydrogen-bond acceptors (Lipinski definition) is 7. The third kappa shape index (κ3) is 5.31. The number of carbonyl (C=O) groups is 3. The number of thiazole rings is 1. The Morgan fingerprint density at radius 2 is 1.88 bits per heavy atom. The highest BCUT2D eigenvalue weighted by Gasteiger charge is 2.27. The van der Waals surface area contributed by atoms with Gasteiger partial charge in [0.25, 0.3) is 5.91 Å². The minimum absolute atomic E-state index is 0.00417. The number of thiophene rings is 1. The molecule has 2 heterocycles. The van der Waals surface area contributed by atoms with Gasteiger partial charge in [0.2, 0.25) is 0 Å². The molecule has 172 valence electrons. The van der Waals surface area contributed by atoms with Gasteiger partial charge in [-0.2, -0.15) is 0 Å². The number of aryl methyl sites for hydroxylation is 2. The van der Waals surface area contributed by atoms with Crippen molar-refractivity contribution in [3.05, 3.63) is 72.6 Å². The Morgan fingerprint density at radius 1 is 1.12 bits per heavy atom. The Bertz CT molecular complexity index is 1240. The molecule has 0 fully saturated rings. The molecule has 0 atom stereocenters. The minimum Gasteiger partial charge on any atom is -0.456 e. The predicted molar refractivity (Wildman–Crippen MR) is 128 cm³/mol. The number of esters is 1. The van der Waals surface area contributed by atoms with E-state index in [2.05, 4.69) is 5.32 Å². The maximum Gasteiger partial charge on any atom is 0.308 e. The Morgan fingerprint density at radius 3 is 2.61 bits per heavy atom. The number of aromatic nitrogens is 1. The molecule has 1 aromatic carbocycles. The van der Waals surface area contributed by atoms with Gasteiger partial charge in [0.1, 0.15) is 5.00 Å². The summed E-state index contributed by atoms with van der Waals surface area (Å²) in [5, 5.41) is 5.03. The average molecular weight is 485 g/mol. The lowest BCUT2D eigenvalue weighted by atomic mass is 9.92. The van der Waals surface area contributed by atoms with Crippen molar-refractivity contribution in [1.29, 1.82) is 0 Å². The van der Waals surface area contributed by atoms with Crippen LogP contribution >= 0.6 is 22.7 Å². The van der Waals surface area contributed by atoms with E-state index in [0.29, 0.717) is 16.1 Å². The first kappa shape index (κ1) is 23.1. The van der Waals surface area contributed by atoms with Crippen LogP contribution in [0.4, 0.5) is 5.00 Å². The Balaban J connectivity index is 1.41. The van der Waals surface area contributed by atoms with E-state index in [1.807, 2.05) is 18.2 Å². The van der Waals surface area contributed by atoms with Gasteiger partial charge in [-0.1, -0.05) is 41.7 Å². The molecule has 4 rings (SSSR count). The highest BCUT2D eigenvalue weighted by Crippen LogP contribution is 2.39. The summed E-state index contributed by atoms with van der Waals surface area (Å²) in [6.07, 6.45) is 3.77. The number of fused-ring (bicyclic) bond motifs is 1. The number of benzene rings is 1. The van der Waals surface area contributed by atoms with Crippen LogP contribution in [-0.4, -0.2) is 28.8 Å². The van der Waals surface area contributed by atoms with E-state index in [4.69, 9.17) is 4.74 Å². The maximum absolute atomic E-state index is 13.2. The second kappa shape index (κ2) is 10.3. The predicted octanol–water partition coefficient (Wildman–Crippen LogP) is 3.96. The third-order valence-electron chi connectivity index (χ3n) is 5.57. The molecule has 1 aliphatic carbocycles. The maximum atomic E-state index is 13.2. The summed E-state index contributed by atoms with van der Waals surface area (Å²) in [5.41, 5.74) is 2.93. The fourth-order valence-corrected chi connectivity index (χ4v) is 5.95. The molecule has 7 nitrogen and oxygen atoms in total. The number of carbonyl (C=O) groups excluding carboxylic acids is 3. The molecule has 1 N–H and O–H groups in total. The molecule has 0 aliphatic heterocycles. The molecule has 33 heavy (non-hydrogen) atoms. The number of rotatable bonds is 8. The van der Waals surface area contributed by atoms with E-state index in [1.54, 1.807) is 24.4 Å². The third-order valence-corrected chi connectivity index (χ3v) is 7.66. The summed E-state index contributed by atoms with van der Waals surface area (Å²) in [4.78, 5) is 50.6. The van der Waals surface area contributed by atoms with E-state index in [1.165, 1.54) is 15.9 Å². The molecule has 9 heteroatoms. The zero-order valence-corrected chi connectivity index (χ0v) is 19.9. The number of anilines is 1. The van der Waals surface area contributed by atoms with Crippen molar-refractivity contribution < 1.29 is 19.1 Å². The minimum atomic E-state index is -0.561. The number of ether oxygens (including phenoxy) is 1. The monoisotopic (exact) mass is 484 g/mol. The van der Waals surface area contributed by atoms with Gasteiger partial charge in [-0.25, -0.2) is 0 Å². The van der Waals surface area contributed by atoms with Crippen LogP contribution in [0.3, 0.4) is 0 Å². The molecule has 0 saturated heterocycles. The zero-order chi connectivity index (χ0) is 23.4. The Labute approximate surface area is 199 Å². The van der Waals surface area contributed by atoms with Crippen molar-refractivity contribution in [3.8, 4) is 0 Å². The molecular weight excluding hydrogens is 460 g/mol. The highest BCUT2D eigenvalue weighted by molar-refractivity contribution is 7.17. The fourth-order valence-electron chi connectivity index (χ4n) is 3.89. The first-order valence-corrected chi connectivity index (χ1v) is 12.5. The molecule has 1 amide bonds. The molecule has 0 unspecified atom stereocenters. The number of hydrogen-bond donors (Lipinski definition) is 1. The molecule has 0 bridgehead atoms. The molecular formula is C24H24N2O5S2. The molecule has 0 saturated carbocycles. The standard InChI is InChI=1S/C24H24N2O5S2/c1-15-14-32-24(30)26(15)12-11-20(28)31-13-19(27)25-23-21(17-9-5-6-10-18(17)33-23)22(29)16-7-3-2-4-8-16/h2-4,7-8,14H,5-6,9-13H2,1H3,(H,25,27). The second-order valence-corrected chi connectivity index (χ2v) is 9.79. The molecule has 2 aromatic heterocycles. The van der Waals surface area contributed by atoms with Crippen molar-refractivity contribution >= 4 is 45.3 Å². The van der Waals surface area contributed by atoms with Gasteiger partial charge in [0.05, 0.1) is 12.0 Å². The van der Waals surface area contributed by atoms with Gasteiger partial charge in [0, 0.05) is 28.1 Å². The van der Waals surface area contributed by atoms with E-state index >= 15 is 0 Å². The zero-order valence-electron chi connectivity index (χ0n) is 18.2. The summed E-state index contributed by atoms with van der Waals surface area (Å²) in [6, 6.07) is 9.02. The lowest BCUT2D eigenvalue weighted by Gasteiger charge is -2.12. The first-order valence-electron chi connectivity index (χ1n) is 10.8. The van der Waals surface area contributed by atoms with Gasteiger partial charge in [-0.15, -0.1) is 11.3 Å². The van der Waals surface area contributed by atoms with Crippen LogP contribution in [0.15, 0.2) is 40.5 Å². The van der Waals surface area contributed by atoms with Crippen LogP contribution in [0.2, 0.25) is 0 Å². The highest BCUT2D eigenvalue weighted by atomic mass is 32.1. The number of nitrogens with one attached hydrogen (secondary N) is 1. The van der Waals surface area contributed by atoms with Crippen LogP contribution < -0.4 is 10.2 Å². The summed E-state index contributed by atoms with van der Waals surface area (Å²) in [5.74, 6) is -1.17. The normalized spacial score (nSPS) is 12.8. The Kier molecular flexibility index (Phi) is 7.20. The number of ketones is 1. The van der Waals surface area contributed by atoms with Crippen molar-refractivity contribution in [2.24, 2.45) is 0 Å². The largest absolute Gasteiger partial charge is 0.456 e. The quantitative estimate of drug-likeness (QED) is 0.386. The van der Waals surface area contributed by atoms with Gasteiger partial charge in [-0.05, 0) is 38.2 Å². The van der Waals surface area contributed by atoms with Crippen LogP contribution in [0.1, 0.15) is 51.3 Å².